The van der Waals surface area contributed by atoms with Gasteiger partial charge in [-0.2, -0.15) is 0 Å². The SMILES string of the molecule is C(=N\c1nc2ccccc2n1CCN1CCCCC1)/c1nc2ccccc2n1Cc1ccccc1. The van der Waals surface area contributed by atoms with Crippen LogP contribution in [-0.2, 0) is 13.1 Å². The van der Waals surface area contributed by atoms with Crippen molar-refractivity contribution in [2.75, 3.05) is 19.6 Å². The van der Waals surface area contributed by atoms with Gasteiger partial charge in [-0.1, -0.05) is 61.0 Å². The number of aliphatic imine (C=N–C) groups is 1. The van der Waals surface area contributed by atoms with E-state index in [1.807, 2.05) is 24.4 Å². The van der Waals surface area contributed by atoms with Crippen molar-refractivity contribution in [3.63, 3.8) is 0 Å². The molecule has 0 saturated carbocycles. The lowest BCUT2D eigenvalue weighted by molar-refractivity contribution is 0.222. The molecular weight excluding hydrogens is 432 g/mol. The molecule has 0 N–H and O–H groups in total. The van der Waals surface area contributed by atoms with E-state index in [1.54, 1.807) is 0 Å². The summed E-state index contributed by atoms with van der Waals surface area (Å²) in [5, 5.41) is 0. The first-order valence-electron chi connectivity index (χ1n) is 12.6. The lowest BCUT2D eigenvalue weighted by Gasteiger charge is -2.26. The summed E-state index contributed by atoms with van der Waals surface area (Å²) in [6.07, 6.45) is 5.83. The molecule has 0 aliphatic carbocycles. The van der Waals surface area contributed by atoms with Gasteiger partial charge in [-0.15, -0.1) is 0 Å². The predicted octanol–water partition coefficient (Wildman–Crippen LogP) is 5.67. The van der Waals surface area contributed by atoms with E-state index in [0.717, 1.165) is 53.5 Å². The summed E-state index contributed by atoms with van der Waals surface area (Å²) < 4.78 is 4.49. The van der Waals surface area contributed by atoms with Crippen LogP contribution in [0.2, 0.25) is 0 Å². The van der Waals surface area contributed by atoms with E-state index in [4.69, 9.17) is 15.0 Å². The molecule has 1 aliphatic rings. The van der Waals surface area contributed by atoms with E-state index < -0.39 is 0 Å². The molecule has 6 heteroatoms. The predicted molar refractivity (Wildman–Crippen MR) is 143 cm³/mol. The standard InChI is InChI=1S/C29H30N6/c1-3-11-23(12-4-1)22-35-27-16-8-5-13-24(27)31-28(35)21-30-29-32-25-14-6-7-15-26(25)34(29)20-19-33-17-9-2-10-18-33/h1,3-8,11-16,21H,2,9-10,17-20,22H2/b30-21+. The van der Waals surface area contributed by atoms with Crippen molar-refractivity contribution in [3.05, 3.63) is 90.3 Å². The monoisotopic (exact) mass is 462 g/mol. The lowest BCUT2D eigenvalue weighted by Crippen LogP contribution is -2.32. The van der Waals surface area contributed by atoms with E-state index in [2.05, 4.69) is 74.7 Å². The normalized spacial score (nSPS) is 15.0. The number of fused-ring (bicyclic) bond motifs is 2. The van der Waals surface area contributed by atoms with Crippen molar-refractivity contribution in [3.8, 4) is 0 Å². The Morgan fingerprint density at radius 2 is 1.34 bits per heavy atom. The molecule has 3 heterocycles. The van der Waals surface area contributed by atoms with Crippen LogP contribution >= 0.6 is 0 Å². The van der Waals surface area contributed by atoms with E-state index in [9.17, 15) is 0 Å². The van der Waals surface area contributed by atoms with Crippen molar-refractivity contribution < 1.29 is 0 Å². The summed E-state index contributed by atoms with van der Waals surface area (Å²) in [5.74, 6) is 1.58. The fraction of sp³-hybridized carbons (Fsp3) is 0.276. The number of nitrogens with zero attached hydrogens (tertiary/aromatic N) is 6. The van der Waals surface area contributed by atoms with Crippen molar-refractivity contribution in [2.45, 2.75) is 32.4 Å². The van der Waals surface area contributed by atoms with Gasteiger partial charge in [0.2, 0.25) is 5.95 Å². The molecule has 2 aromatic heterocycles. The number of imidazole rings is 2. The maximum Gasteiger partial charge on any atom is 0.230 e. The quantitative estimate of drug-likeness (QED) is 0.293. The van der Waals surface area contributed by atoms with Gasteiger partial charge < -0.3 is 14.0 Å². The maximum atomic E-state index is 4.90. The van der Waals surface area contributed by atoms with Gasteiger partial charge in [-0.3, -0.25) is 0 Å². The summed E-state index contributed by atoms with van der Waals surface area (Å²) in [5.41, 5.74) is 5.43. The van der Waals surface area contributed by atoms with Gasteiger partial charge in [0, 0.05) is 19.6 Å². The zero-order valence-corrected chi connectivity index (χ0v) is 19.9. The smallest absolute Gasteiger partial charge is 0.230 e. The highest BCUT2D eigenvalue weighted by Crippen LogP contribution is 2.23. The number of para-hydroxylation sites is 4. The van der Waals surface area contributed by atoms with E-state index in [-0.39, 0.29) is 0 Å². The van der Waals surface area contributed by atoms with Gasteiger partial charge in [-0.25, -0.2) is 15.0 Å². The molecule has 6 rings (SSSR count). The van der Waals surface area contributed by atoms with Gasteiger partial charge in [-0.05, 0) is 55.8 Å². The van der Waals surface area contributed by atoms with Gasteiger partial charge in [0.05, 0.1) is 28.3 Å². The number of rotatable bonds is 7. The molecule has 6 nitrogen and oxygen atoms in total. The summed E-state index contributed by atoms with van der Waals surface area (Å²) in [4.78, 5) is 17.2. The van der Waals surface area contributed by atoms with Crippen molar-refractivity contribution in [2.24, 2.45) is 4.99 Å². The largest absolute Gasteiger partial charge is 0.319 e. The zero-order valence-electron chi connectivity index (χ0n) is 19.9. The Bertz CT molecular complexity index is 1460. The molecular formula is C29H30N6. The molecule has 0 unspecified atom stereocenters. The third-order valence-electron chi connectivity index (χ3n) is 6.89. The second kappa shape index (κ2) is 9.84. The number of benzene rings is 3. The number of hydrogen-bond acceptors (Lipinski definition) is 4. The van der Waals surface area contributed by atoms with Crippen LogP contribution in [0.4, 0.5) is 5.95 Å². The van der Waals surface area contributed by atoms with Crippen molar-refractivity contribution in [1.29, 1.82) is 0 Å². The lowest BCUT2D eigenvalue weighted by atomic mass is 10.1. The molecule has 0 bridgehead atoms. The highest BCUT2D eigenvalue weighted by molar-refractivity contribution is 5.87. The maximum absolute atomic E-state index is 4.90. The van der Waals surface area contributed by atoms with Crippen LogP contribution in [0.1, 0.15) is 30.7 Å². The molecule has 35 heavy (non-hydrogen) atoms. The third-order valence-corrected chi connectivity index (χ3v) is 6.89. The fourth-order valence-electron chi connectivity index (χ4n) is 5.05. The fourth-order valence-corrected chi connectivity index (χ4v) is 5.05. The average Bonchev–Trinajstić information content (AvgIpc) is 3.45. The minimum atomic E-state index is 0.738. The van der Waals surface area contributed by atoms with Gasteiger partial charge in [0.15, 0.2) is 5.82 Å². The molecule has 1 saturated heterocycles. The summed E-state index contributed by atoms with van der Waals surface area (Å²) in [7, 11) is 0. The first-order valence-corrected chi connectivity index (χ1v) is 12.6. The van der Waals surface area contributed by atoms with Crippen molar-refractivity contribution >= 4 is 34.2 Å². The van der Waals surface area contributed by atoms with Gasteiger partial charge in [0.25, 0.3) is 0 Å². The second-order valence-electron chi connectivity index (χ2n) is 9.24. The van der Waals surface area contributed by atoms with Crippen LogP contribution in [0.5, 0.6) is 0 Å². The summed E-state index contributed by atoms with van der Waals surface area (Å²) in [6, 6.07) is 27.1. The molecule has 0 spiro atoms. The average molecular weight is 463 g/mol. The molecule has 0 atom stereocenters. The number of hydrogen-bond donors (Lipinski definition) is 0. The first kappa shape index (κ1) is 21.7. The van der Waals surface area contributed by atoms with Gasteiger partial charge in [0.1, 0.15) is 0 Å². The minimum Gasteiger partial charge on any atom is -0.319 e. The number of piperidine rings is 1. The van der Waals surface area contributed by atoms with E-state index in [0.29, 0.717) is 0 Å². The molecule has 1 aliphatic heterocycles. The summed E-state index contributed by atoms with van der Waals surface area (Å²) >= 11 is 0. The van der Waals surface area contributed by atoms with Crippen molar-refractivity contribution in [1.82, 2.24) is 24.0 Å². The molecule has 1 fully saturated rings. The first-order chi connectivity index (χ1) is 17.3. The topological polar surface area (TPSA) is 51.2 Å². The zero-order chi connectivity index (χ0) is 23.5. The Kier molecular flexibility index (Phi) is 6.11. The van der Waals surface area contributed by atoms with E-state index >= 15 is 0 Å². The third kappa shape index (κ3) is 4.62. The summed E-state index contributed by atoms with van der Waals surface area (Å²) in [6.45, 7) is 5.03. The Labute approximate surface area is 205 Å². The van der Waals surface area contributed by atoms with Crippen LogP contribution < -0.4 is 0 Å². The highest BCUT2D eigenvalue weighted by Gasteiger charge is 2.15. The second-order valence-corrected chi connectivity index (χ2v) is 9.24. The highest BCUT2D eigenvalue weighted by atomic mass is 15.2. The molecule has 5 aromatic rings. The van der Waals surface area contributed by atoms with Crippen LogP contribution in [0.3, 0.4) is 0 Å². The number of likely N-dealkylation sites (tertiary alicyclic amines) is 1. The Hall–Kier alpha value is -3.77. The van der Waals surface area contributed by atoms with Crippen LogP contribution in [0.15, 0.2) is 83.9 Å². The van der Waals surface area contributed by atoms with Crippen LogP contribution in [0, 0.1) is 0 Å². The number of aromatic nitrogens is 4. The van der Waals surface area contributed by atoms with E-state index in [1.165, 1.54) is 37.9 Å². The van der Waals surface area contributed by atoms with Gasteiger partial charge >= 0.3 is 0 Å². The molecule has 0 amide bonds. The van der Waals surface area contributed by atoms with Crippen LogP contribution in [0.25, 0.3) is 22.1 Å². The minimum absolute atomic E-state index is 0.738. The molecule has 0 radical (unpaired) electrons. The van der Waals surface area contributed by atoms with Crippen LogP contribution in [-0.4, -0.2) is 49.9 Å². The Morgan fingerprint density at radius 1 is 0.686 bits per heavy atom. The molecule has 176 valence electrons. The Balaban J connectivity index is 1.35. The molecule has 3 aromatic carbocycles. The Morgan fingerprint density at radius 3 is 2.11 bits per heavy atom.